The van der Waals surface area contributed by atoms with Crippen molar-refractivity contribution in [3.05, 3.63) is 42.5 Å². The molecule has 1 unspecified atom stereocenters. The molecule has 1 atom stereocenters. The number of morpholine rings is 1. The zero-order valence-electron chi connectivity index (χ0n) is 14.7. The highest BCUT2D eigenvalue weighted by Crippen LogP contribution is 2.33. The number of aromatic nitrogens is 4. The monoisotopic (exact) mass is 349 g/mol. The van der Waals surface area contributed by atoms with E-state index in [0.717, 1.165) is 61.3 Å². The van der Waals surface area contributed by atoms with E-state index in [1.165, 1.54) is 17.6 Å². The summed E-state index contributed by atoms with van der Waals surface area (Å²) in [7, 11) is 0. The maximum atomic E-state index is 5.48. The Hall–Kier alpha value is -2.44. The number of rotatable bonds is 3. The predicted molar refractivity (Wildman–Crippen MR) is 102 cm³/mol. The molecule has 0 aromatic carbocycles. The van der Waals surface area contributed by atoms with E-state index >= 15 is 0 Å². The molecule has 2 aliphatic rings. The summed E-state index contributed by atoms with van der Waals surface area (Å²) in [5.41, 5.74) is 5.81. The Bertz CT molecular complexity index is 921. The van der Waals surface area contributed by atoms with Crippen molar-refractivity contribution in [3.63, 3.8) is 0 Å². The van der Waals surface area contributed by atoms with Crippen LogP contribution in [0.5, 0.6) is 0 Å². The molecule has 0 radical (unpaired) electrons. The van der Waals surface area contributed by atoms with Gasteiger partial charge in [-0.2, -0.15) is 5.10 Å². The highest BCUT2D eigenvalue weighted by molar-refractivity contribution is 5.94. The third-order valence-corrected chi connectivity index (χ3v) is 5.66. The van der Waals surface area contributed by atoms with Crippen LogP contribution in [0.15, 0.2) is 36.9 Å². The van der Waals surface area contributed by atoms with Gasteiger partial charge in [-0.3, -0.25) is 10.00 Å². The van der Waals surface area contributed by atoms with Crippen LogP contribution in [0, 0.1) is 0 Å². The molecule has 134 valence electrons. The Morgan fingerprint density at radius 2 is 2.04 bits per heavy atom. The van der Waals surface area contributed by atoms with Gasteiger partial charge in [0.2, 0.25) is 0 Å². The van der Waals surface area contributed by atoms with Crippen molar-refractivity contribution in [1.29, 1.82) is 0 Å². The Labute approximate surface area is 152 Å². The number of pyridine rings is 1. The minimum absolute atomic E-state index is 0.660. The standard InChI is InChI=1S/C20H23N5O/c1-3-17(25-5-7-26-8-6-25)4-2-14(1)15-9-18-19(16-11-23-24-12-16)13-22-20(18)21-10-15/h1,9-13,17H,2-8H2,(H,21,22)(H,23,24). The van der Waals surface area contributed by atoms with Crippen LogP contribution in [0.25, 0.3) is 27.7 Å². The predicted octanol–water partition coefficient (Wildman–Crippen LogP) is 3.22. The van der Waals surface area contributed by atoms with Crippen molar-refractivity contribution in [2.24, 2.45) is 0 Å². The average molecular weight is 349 g/mol. The Morgan fingerprint density at radius 3 is 2.81 bits per heavy atom. The second kappa shape index (κ2) is 6.70. The number of hydrogen-bond acceptors (Lipinski definition) is 4. The summed E-state index contributed by atoms with van der Waals surface area (Å²) in [6.07, 6.45) is 13.6. The van der Waals surface area contributed by atoms with Gasteiger partial charge in [-0.15, -0.1) is 0 Å². The maximum Gasteiger partial charge on any atom is 0.137 e. The molecule has 1 aliphatic carbocycles. The topological polar surface area (TPSA) is 69.8 Å². The van der Waals surface area contributed by atoms with E-state index in [1.54, 1.807) is 0 Å². The van der Waals surface area contributed by atoms with E-state index in [0.29, 0.717) is 6.04 Å². The van der Waals surface area contributed by atoms with Crippen LogP contribution in [0.4, 0.5) is 0 Å². The van der Waals surface area contributed by atoms with Crippen molar-refractivity contribution >= 4 is 16.6 Å². The second-order valence-corrected chi connectivity index (χ2v) is 7.12. The van der Waals surface area contributed by atoms with Gasteiger partial charge >= 0.3 is 0 Å². The lowest BCUT2D eigenvalue weighted by atomic mass is 9.90. The molecule has 26 heavy (non-hydrogen) atoms. The van der Waals surface area contributed by atoms with Crippen LogP contribution in [0.3, 0.4) is 0 Å². The van der Waals surface area contributed by atoms with Crippen LogP contribution in [0.2, 0.25) is 0 Å². The SMILES string of the molecule is C1=C(c2cnc3[nH]cc(-c4cn[nH]c4)c3c2)CCC(N2CCOCC2)C1. The van der Waals surface area contributed by atoms with Crippen LogP contribution in [-0.4, -0.2) is 57.4 Å². The normalized spacial score (nSPS) is 21.8. The van der Waals surface area contributed by atoms with Gasteiger partial charge in [0.25, 0.3) is 0 Å². The Kier molecular flexibility index (Phi) is 4.07. The van der Waals surface area contributed by atoms with Crippen molar-refractivity contribution in [1.82, 2.24) is 25.1 Å². The molecule has 2 N–H and O–H groups in total. The number of ether oxygens (including phenoxy) is 1. The molecule has 0 amide bonds. The van der Waals surface area contributed by atoms with Crippen molar-refractivity contribution < 1.29 is 4.74 Å². The number of aromatic amines is 2. The lowest BCUT2D eigenvalue weighted by molar-refractivity contribution is 0.0150. The number of H-pyrrole nitrogens is 2. The molecule has 0 bridgehead atoms. The molecule has 1 saturated heterocycles. The number of allylic oxidation sites excluding steroid dienone is 1. The lowest BCUT2D eigenvalue weighted by Crippen LogP contribution is -2.43. The summed E-state index contributed by atoms with van der Waals surface area (Å²) in [4.78, 5) is 10.5. The zero-order chi connectivity index (χ0) is 17.3. The number of fused-ring (bicyclic) bond motifs is 1. The van der Waals surface area contributed by atoms with Gasteiger partial charge in [-0.1, -0.05) is 6.08 Å². The third kappa shape index (κ3) is 2.85. The van der Waals surface area contributed by atoms with Gasteiger partial charge in [0, 0.05) is 54.2 Å². The van der Waals surface area contributed by atoms with Crippen molar-refractivity contribution in [3.8, 4) is 11.1 Å². The van der Waals surface area contributed by atoms with Gasteiger partial charge < -0.3 is 9.72 Å². The van der Waals surface area contributed by atoms with Crippen LogP contribution < -0.4 is 0 Å². The summed E-state index contributed by atoms with van der Waals surface area (Å²) in [6, 6.07) is 2.93. The van der Waals surface area contributed by atoms with Crippen LogP contribution in [0.1, 0.15) is 24.8 Å². The fourth-order valence-electron chi connectivity index (χ4n) is 4.17. The quantitative estimate of drug-likeness (QED) is 0.762. The summed E-state index contributed by atoms with van der Waals surface area (Å²) in [5, 5.41) is 8.11. The lowest BCUT2D eigenvalue weighted by Gasteiger charge is -2.36. The molecule has 0 spiro atoms. The van der Waals surface area contributed by atoms with E-state index in [1.807, 2.05) is 24.8 Å². The summed E-state index contributed by atoms with van der Waals surface area (Å²) in [5.74, 6) is 0. The van der Waals surface area contributed by atoms with Crippen LogP contribution in [-0.2, 0) is 4.74 Å². The molecule has 3 aromatic rings. The van der Waals surface area contributed by atoms with Crippen molar-refractivity contribution in [2.75, 3.05) is 26.3 Å². The van der Waals surface area contributed by atoms with Gasteiger partial charge in [-0.05, 0) is 36.5 Å². The fraction of sp³-hybridized carbons (Fsp3) is 0.400. The van der Waals surface area contributed by atoms with Gasteiger partial charge in [0.05, 0.1) is 19.4 Å². The molecular weight excluding hydrogens is 326 g/mol. The molecule has 0 saturated carbocycles. The minimum Gasteiger partial charge on any atom is -0.379 e. The molecule has 4 heterocycles. The number of nitrogens with one attached hydrogen (secondary N) is 2. The zero-order valence-corrected chi connectivity index (χ0v) is 14.7. The molecule has 6 heteroatoms. The molecule has 5 rings (SSSR count). The first kappa shape index (κ1) is 15.8. The highest BCUT2D eigenvalue weighted by atomic mass is 16.5. The van der Waals surface area contributed by atoms with Gasteiger partial charge in [-0.25, -0.2) is 4.98 Å². The number of nitrogens with zero attached hydrogens (tertiary/aromatic N) is 3. The molecule has 1 fully saturated rings. The maximum absolute atomic E-state index is 5.48. The summed E-state index contributed by atoms with van der Waals surface area (Å²) < 4.78 is 5.48. The second-order valence-electron chi connectivity index (χ2n) is 7.12. The first-order chi connectivity index (χ1) is 12.9. The van der Waals surface area contributed by atoms with Gasteiger partial charge in [0.15, 0.2) is 0 Å². The molecule has 1 aliphatic heterocycles. The first-order valence-electron chi connectivity index (χ1n) is 9.36. The Balaban J connectivity index is 1.41. The van der Waals surface area contributed by atoms with Gasteiger partial charge in [0.1, 0.15) is 5.65 Å². The minimum atomic E-state index is 0.660. The van der Waals surface area contributed by atoms with E-state index in [4.69, 9.17) is 4.74 Å². The molecule has 3 aromatic heterocycles. The molecule has 6 nitrogen and oxygen atoms in total. The fourth-order valence-corrected chi connectivity index (χ4v) is 4.17. The van der Waals surface area contributed by atoms with E-state index < -0.39 is 0 Å². The van der Waals surface area contributed by atoms with Crippen LogP contribution >= 0.6 is 0 Å². The van der Waals surface area contributed by atoms with Crippen molar-refractivity contribution in [2.45, 2.75) is 25.3 Å². The van der Waals surface area contributed by atoms with E-state index in [2.05, 4.69) is 37.2 Å². The van der Waals surface area contributed by atoms with E-state index in [-0.39, 0.29) is 0 Å². The summed E-state index contributed by atoms with van der Waals surface area (Å²) >= 11 is 0. The average Bonchev–Trinajstić information content (AvgIpc) is 3.38. The largest absolute Gasteiger partial charge is 0.379 e. The van der Waals surface area contributed by atoms with E-state index in [9.17, 15) is 0 Å². The molecular formula is C20H23N5O. The Morgan fingerprint density at radius 1 is 1.12 bits per heavy atom. The first-order valence-corrected chi connectivity index (χ1v) is 9.36. The smallest absolute Gasteiger partial charge is 0.137 e. The number of hydrogen-bond donors (Lipinski definition) is 2. The highest BCUT2D eigenvalue weighted by Gasteiger charge is 2.23. The summed E-state index contributed by atoms with van der Waals surface area (Å²) in [6.45, 7) is 3.88. The third-order valence-electron chi connectivity index (χ3n) is 5.66.